The van der Waals surface area contributed by atoms with E-state index < -0.39 is 0 Å². The molecule has 6 aromatic carbocycles. The summed E-state index contributed by atoms with van der Waals surface area (Å²) in [6.45, 7) is 2.52. The number of fused-ring (bicyclic) bond motifs is 6. The van der Waals surface area contributed by atoms with Gasteiger partial charge in [0, 0.05) is 135 Å². The van der Waals surface area contributed by atoms with Crippen molar-refractivity contribution in [2.45, 2.75) is 32.4 Å². The standard InChI is InChI=1S/2C9H7N.C9H8.C8H6N2.C8H7N.C7H6N2.C5H5N.C5H6.3C4H4N2.2C4H5N.C2H3N3/c1-2-6-9-8(4-1)5-3-7-10-9;1-2-4-9-7-10-6-5-8(9)3-1;1-2-5-9-7-3-6-8(9)4-1;1-2-4-8-7(3-1)9-5-6-10-8;1-2-4-8-6-9-5-7(8)3-1;1-2-4-7-6(3-1)5-8-9-7;1-2-4-6-5-3-1;1-2-4-5-3-1;1-2-6-4-3-5-1;1-2-5-4-6-3-1;1-2-4-6-5-3-1;3*1-2-4-5-3-1/h2*1-7H;1-6H,7H2;1-6H;1-5H,6H2;1-4H,5H2;1-5H;1-4H,5H2;3*1-4H;1,3-4H,2H2;1-3H,4H2;1-2H,(H,3,4,5). The third-order valence-corrected chi connectivity index (χ3v) is 13.2. The average molecular weight is 1330 g/mol. The van der Waals surface area contributed by atoms with Crippen molar-refractivity contribution in [2.24, 2.45) is 25.2 Å². The maximum atomic E-state index is 4.18. The molecule has 0 saturated carbocycles. The maximum Gasteiger partial charge on any atom is 0.115 e. The number of rotatable bonds is 0. The largest absolute Gasteiger partial charge is 0.289 e. The molecule has 0 amide bonds. The predicted molar refractivity (Wildman–Crippen MR) is 409 cm³/mol. The number of benzene rings is 6. The number of hydrogen-bond acceptors (Lipinski definition) is 18. The average Bonchev–Trinajstić information content (AvgIpc) is 1.65. The van der Waals surface area contributed by atoms with Gasteiger partial charge in [0.2, 0.25) is 0 Å². The number of H-pyrrole nitrogens is 1. The second-order valence-corrected chi connectivity index (χ2v) is 20.3. The Bertz CT molecular complexity index is 3860. The van der Waals surface area contributed by atoms with Crippen molar-refractivity contribution in [1.29, 1.82) is 0 Å². The van der Waals surface area contributed by atoms with Crippen molar-refractivity contribution in [1.82, 2.24) is 70.5 Å². The number of hydrogen-bond donors (Lipinski definition) is 1. The SMILES string of the molecule is C1=CCC=C1.C1=CCN=C1.C1=CN=CC1.C1=Cc2ccccc2C1.C1=NCc2ccccc21.c1ccc2c(c1)CN=N2.c1ccc2cnccc2c1.c1ccc2ncccc2c1.c1ccc2nccnc2c1.c1ccncc1.c1ccnnc1.c1cn[nH]n1.c1cnccn1.c1cncnc1. The van der Waals surface area contributed by atoms with Crippen LogP contribution in [0, 0.1) is 0 Å². The maximum absolute atomic E-state index is 4.18. The first-order valence-corrected chi connectivity index (χ1v) is 32.2. The first kappa shape index (κ1) is 74.7. The zero-order valence-corrected chi connectivity index (χ0v) is 55.7. The molecule has 19 heteroatoms. The first-order valence-electron chi connectivity index (χ1n) is 32.2. The lowest BCUT2D eigenvalue weighted by Crippen LogP contribution is -1.79. The lowest BCUT2D eigenvalue weighted by Gasteiger charge is -1.93. The molecule has 1 N–H and O–H groups in total. The fourth-order valence-electron chi connectivity index (χ4n) is 8.37. The molecule has 12 heterocycles. The van der Waals surface area contributed by atoms with E-state index in [0.717, 1.165) is 61.1 Å². The number of aliphatic imine (C=N–C) groups is 3. The Balaban J connectivity index is 0.000000154. The first-order chi connectivity index (χ1) is 50.3. The summed E-state index contributed by atoms with van der Waals surface area (Å²) in [4.78, 5) is 46.8. The van der Waals surface area contributed by atoms with Gasteiger partial charge in [-0.15, -0.1) is 0 Å². The highest BCUT2D eigenvalue weighted by Crippen LogP contribution is 2.25. The number of pyridine rings is 3. The van der Waals surface area contributed by atoms with Crippen LogP contribution in [0.15, 0.2) is 392 Å². The zero-order chi connectivity index (χ0) is 69.9. The zero-order valence-electron chi connectivity index (χ0n) is 55.7. The van der Waals surface area contributed by atoms with E-state index in [1.165, 1.54) is 50.3 Å². The number of nitrogens with zero attached hydrogens (tertiary/aromatic N) is 18. The number of aromatic nitrogens is 14. The molecule has 500 valence electrons. The fraction of sp³-hybridized carbons (Fsp3) is 0.0732. The molecule has 0 unspecified atom stereocenters. The Kier molecular flexibility index (Phi) is 37.5. The van der Waals surface area contributed by atoms with Crippen LogP contribution in [0.25, 0.3) is 38.8 Å². The summed E-state index contributed by atoms with van der Waals surface area (Å²) in [5.74, 6) is 0. The molecule has 6 aliphatic rings. The summed E-state index contributed by atoms with van der Waals surface area (Å²) in [7, 11) is 0. The second-order valence-electron chi connectivity index (χ2n) is 20.3. The van der Waals surface area contributed by atoms with E-state index >= 15 is 0 Å². The van der Waals surface area contributed by atoms with Gasteiger partial charge in [0.25, 0.3) is 0 Å². The molecular formula is C82H77N19. The number of nitrogens with one attached hydrogen (secondary N) is 1. The Morgan fingerprint density at radius 1 is 0.347 bits per heavy atom. The van der Waals surface area contributed by atoms with Crippen LogP contribution < -0.4 is 0 Å². The van der Waals surface area contributed by atoms with Crippen LogP contribution >= 0.6 is 0 Å². The van der Waals surface area contributed by atoms with E-state index in [9.17, 15) is 0 Å². The quantitative estimate of drug-likeness (QED) is 0.149. The second kappa shape index (κ2) is 50.7. The molecular weight excluding hydrogens is 1250 g/mol. The third-order valence-electron chi connectivity index (χ3n) is 13.2. The molecule has 101 heavy (non-hydrogen) atoms. The smallest absolute Gasteiger partial charge is 0.115 e. The van der Waals surface area contributed by atoms with Gasteiger partial charge >= 0.3 is 0 Å². The predicted octanol–water partition coefficient (Wildman–Crippen LogP) is 17.7. The van der Waals surface area contributed by atoms with Crippen molar-refractivity contribution in [3.05, 3.63) is 394 Å². The highest BCUT2D eigenvalue weighted by Gasteiger charge is 2.04. The molecule has 4 aliphatic heterocycles. The van der Waals surface area contributed by atoms with Gasteiger partial charge in [-0.3, -0.25) is 49.9 Å². The fourth-order valence-corrected chi connectivity index (χ4v) is 8.37. The Labute approximate surface area is 589 Å². The molecule has 0 saturated heterocycles. The Hall–Kier alpha value is -13.7. The molecule has 0 fully saturated rings. The van der Waals surface area contributed by atoms with Gasteiger partial charge < -0.3 is 0 Å². The highest BCUT2D eigenvalue weighted by atomic mass is 15.3. The summed E-state index contributed by atoms with van der Waals surface area (Å²) in [5.41, 5.74) is 10.7. The summed E-state index contributed by atoms with van der Waals surface area (Å²) >= 11 is 0. The van der Waals surface area contributed by atoms with Crippen molar-refractivity contribution < 1.29 is 0 Å². The number of aromatic amines is 1. The third kappa shape index (κ3) is 33.5. The van der Waals surface area contributed by atoms with E-state index in [1.807, 2.05) is 177 Å². The van der Waals surface area contributed by atoms with Crippen molar-refractivity contribution in [3.8, 4) is 0 Å². The van der Waals surface area contributed by atoms with Crippen molar-refractivity contribution in [2.75, 3.05) is 6.54 Å². The molecule has 0 bridgehead atoms. The molecule has 20 rings (SSSR count). The van der Waals surface area contributed by atoms with Crippen molar-refractivity contribution in [3.63, 3.8) is 0 Å². The van der Waals surface area contributed by atoms with Crippen molar-refractivity contribution >= 4 is 63.1 Å². The van der Waals surface area contributed by atoms with Gasteiger partial charge in [-0.2, -0.15) is 35.8 Å². The van der Waals surface area contributed by atoms with Gasteiger partial charge in [0.15, 0.2) is 0 Å². The van der Waals surface area contributed by atoms with E-state index in [1.54, 1.807) is 105 Å². The van der Waals surface area contributed by atoms with Crippen LogP contribution in [-0.2, 0) is 19.5 Å². The molecule has 19 nitrogen and oxygen atoms in total. The van der Waals surface area contributed by atoms with Gasteiger partial charge in [0.1, 0.15) is 6.33 Å². The summed E-state index contributed by atoms with van der Waals surface area (Å²) in [6.07, 6.45) is 59.7. The minimum atomic E-state index is 0.760. The Morgan fingerprint density at radius 3 is 1.43 bits per heavy atom. The topological polar surface area (TPSA) is 245 Å². The molecule has 0 atom stereocenters. The van der Waals surface area contributed by atoms with Crippen LogP contribution in [0.5, 0.6) is 0 Å². The van der Waals surface area contributed by atoms with Crippen LogP contribution in [0.1, 0.15) is 40.7 Å². The van der Waals surface area contributed by atoms with Gasteiger partial charge in [-0.1, -0.05) is 182 Å². The minimum Gasteiger partial charge on any atom is -0.289 e. The summed E-state index contributed by atoms with van der Waals surface area (Å²) < 4.78 is 0. The van der Waals surface area contributed by atoms with E-state index in [2.05, 4.69) is 199 Å². The number of allylic oxidation sites excluding steroid dienone is 7. The van der Waals surface area contributed by atoms with Gasteiger partial charge in [-0.25, -0.2) is 9.97 Å². The van der Waals surface area contributed by atoms with Crippen LogP contribution in [0.3, 0.4) is 0 Å². The molecule has 0 radical (unpaired) electrons. The molecule has 14 aromatic rings. The van der Waals surface area contributed by atoms with Crippen LogP contribution in [-0.4, -0.2) is 95.7 Å². The molecule has 0 spiro atoms. The number of azo groups is 1. The monoisotopic (exact) mass is 1330 g/mol. The lowest BCUT2D eigenvalue weighted by atomic mass is 10.1. The Morgan fingerprint density at radius 2 is 0.941 bits per heavy atom. The van der Waals surface area contributed by atoms with Crippen LogP contribution in [0.2, 0.25) is 0 Å². The molecule has 8 aromatic heterocycles. The highest BCUT2D eigenvalue weighted by molar-refractivity contribution is 5.84. The summed E-state index contributed by atoms with van der Waals surface area (Å²) in [5, 5.41) is 27.8. The summed E-state index contributed by atoms with van der Waals surface area (Å²) in [6, 6.07) is 66.0. The van der Waals surface area contributed by atoms with E-state index in [4.69, 9.17) is 0 Å². The normalized spacial score (nSPS) is 11.6. The number of para-hydroxylation sites is 3. The molecule has 2 aliphatic carbocycles. The minimum absolute atomic E-state index is 0.760. The lowest BCUT2D eigenvalue weighted by molar-refractivity contribution is 0.940. The van der Waals surface area contributed by atoms with Gasteiger partial charge in [0.05, 0.1) is 54.3 Å². The van der Waals surface area contributed by atoms with E-state index in [0.29, 0.717) is 0 Å². The van der Waals surface area contributed by atoms with Gasteiger partial charge in [-0.05, 0) is 119 Å². The van der Waals surface area contributed by atoms with Crippen LogP contribution in [0.4, 0.5) is 5.69 Å². The van der Waals surface area contributed by atoms with E-state index in [-0.39, 0.29) is 0 Å².